The van der Waals surface area contributed by atoms with Gasteiger partial charge in [0.25, 0.3) is 0 Å². The molecule has 2 N–H and O–H groups in total. The minimum atomic E-state index is -0.485. The number of aromatic hydroxyl groups is 1. The van der Waals surface area contributed by atoms with E-state index in [1.165, 1.54) is 0 Å². The van der Waals surface area contributed by atoms with Crippen molar-refractivity contribution in [2.75, 3.05) is 0 Å². The molecule has 1 aliphatic rings. The van der Waals surface area contributed by atoms with Crippen molar-refractivity contribution in [2.45, 2.75) is 45.6 Å². The number of hydrogen-bond donors (Lipinski definition) is 2. The van der Waals surface area contributed by atoms with Crippen molar-refractivity contribution >= 4 is 17.0 Å². The topological polar surface area (TPSA) is 88.1 Å². The maximum Gasteiger partial charge on any atom is 0.309 e. The van der Waals surface area contributed by atoms with Crippen molar-refractivity contribution in [3.05, 3.63) is 41.6 Å². The largest absolute Gasteiger partial charge is 0.507 e. The number of phenolic OH excluding ortho intramolecular Hbond substituents is 1. The molecule has 6 heteroatoms. The van der Waals surface area contributed by atoms with E-state index in [1.54, 1.807) is 12.1 Å². The second-order valence-corrected chi connectivity index (χ2v) is 8.06. The zero-order valence-electron chi connectivity index (χ0n) is 15.7. The third kappa shape index (κ3) is 3.39. The maximum absolute atomic E-state index is 12.5. The molecule has 0 aliphatic heterocycles. The number of aromatic nitrogens is 3. The van der Waals surface area contributed by atoms with E-state index in [2.05, 4.69) is 15.2 Å². The maximum atomic E-state index is 12.5. The van der Waals surface area contributed by atoms with Gasteiger partial charge in [-0.15, -0.1) is 10.2 Å². The molecule has 0 unspecified atom stereocenters. The number of H-pyrrole nitrogens is 1. The fraction of sp³-hybridized carbons (Fsp3) is 0.381. The molecular formula is C21H23N3O3. The van der Waals surface area contributed by atoms with Crippen LogP contribution >= 0.6 is 0 Å². The highest BCUT2D eigenvalue weighted by molar-refractivity contribution is 5.86. The van der Waals surface area contributed by atoms with Crippen LogP contribution in [0.5, 0.6) is 5.75 Å². The van der Waals surface area contributed by atoms with E-state index < -0.39 is 5.60 Å². The molecule has 1 aromatic carbocycles. The normalized spacial score (nSPS) is 16.9. The molecule has 140 valence electrons. The first-order valence-corrected chi connectivity index (χ1v) is 9.20. The molecule has 0 spiro atoms. The molecule has 0 fully saturated rings. The number of aryl methyl sites for hydroxylation is 1. The van der Waals surface area contributed by atoms with Gasteiger partial charge in [-0.2, -0.15) is 0 Å². The van der Waals surface area contributed by atoms with Crippen LogP contribution in [0.3, 0.4) is 0 Å². The Kier molecular flexibility index (Phi) is 4.13. The van der Waals surface area contributed by atoms with E-state index in [0.29, 0.717) is 23.3 Å². The fourth-order valence-corrected chi connectivity index (χ4v) is 3.62. The number of nitrogens with zero attached hydrogens (tertiary/aromatic N) is 2. The van der Waals surface area contributed by atoms with Gasteiger partial charge in [-0.1, -0.05) is 12.1 Å². The number of nitrogens with one attached hydrogen (secondary N) is 1. The SMILES string of the molecule is CC(C)(C)OC(=O)[C@H]1CCc2[nH]c3nnc(-c4ccccc4O)cc3c2C1. The second-order valence-electron chi connectivity index (χ2n) is 8.06. The number of hydrogen-bond acceptors (Lipinski definition) is 5. The third-order valence-electron chi connectivity index (χ3n) is 4.87. The summed E-state index contributed by atoms with van der Waals surface area (Å²) < 4.78 is 5.58. The Labute approximate surface area is 157 Å². The molecule has 1 aliphatic carbocycles. The zero-order chi connectivity index (χ0) is 19.2. The molecule has 0 saturated carbocycles. The molecule has 4 rings (SSSR count). The molecule has 2 heterocycles. The van der Waals surface area contributed by atoms with E-state index in [4.69, 9.17) is 4.74 Å². The average Bonchev–Trinajstić information content (AvgIpc) is 2.97. The molecule has 2 aromatic heterocycles. The van der Waals surface area contributed by atoms with Crippen molar-refractivity contribution in [1.82, 2.24) is 15.2 Å². The number of fused-ring (bicyclic) bond motifs is 3. The number of carbonyl (C=O) groups excluding carboxylic acids is 1. The number of phenols is 1. The number of para-hydroxylation sites is 1. The van der Waals surface area contributed by atoms with Gasteiger partial charge in [0.15, 0.2) is 5.65 Å². The third-order valence-corrected chi connectivity index (χ3v) is 4.87. The molecule has 27 heavy (non-hydrogen) atoms. The van der Waals surface area contributed by atoms with Gasteiger partial charge < -0.3 is 14.8 Å². The van der Waals surface area contributed by atoms with Gasteiger partial charge in [-0.3, -0.25) is 4.79 Å². The molecule has 0 amide bonds. The molecule has 0 bridgehead atoms. The predicted molar refractivity (Wildman–Crippen MR) is 102 cm³/mol. The van der Waals surface area contributed by atoms with Crippen molar-refractivity contribution in [3.63, 3.8) is 0 Å². The highest BCUT2D eigenvalue weighted by Crippen LogP contribution is 2.35. The quantitative estimate of drug-likeness (QED) is 0.675. The first kappa shape index (κ1) is 17.5. The van der Waals surface area contributed by atoms with Crippen molar-refractivity contribution in [3.8, 4) is 17.0 Å². The van der Waals surface area contributed by atoms with Crippen molar-refractivity contribution < 1.29 is 14.6 Å². The van der Waals surface area contributed by atoms with Gasteiger partial charge in [-0.05, 0) is 63.8 Å². The van der Waals surface area contributed by atoms with Gasteiger partial charge in [0.1, 0.15) is 11.4 Å². The predicted octanol–water partition coefficient (Wildman–Crippen LogP) is 3.78. The molecule has 6 nitrogen and oxygen atoms in total. The summed E-state index contributed by atoms with van der Waals surface area (Å²) in [5, 5.41) is 19.6. The number of carbonyl (C=O) groups is 1. The lowest BCUT2D eigenvalue weighted by atomic mass is 9.86. The summed E-state index contributed by atoms with van der Waals surface area (Å²) in [5.74, 6) is -0.134. The Morgan fingerprint density at radius 2 is 2.04 bits per heavy atom. The van der Waals surface area contributed by atoms with E-state index in [-0.39, 0.29) is 17.6 Å². The van der Waals surface area contributed by atoms with Crippen LogP contribution in [0.4, 0.5) is 0 Å². The number of benzene rings is 1. The highest BCUT2D eigenvalue weighted by atomic mass is 16.6. The molecular weight excluding hydrogens is 342 g/mol. The van der Waals surface area contributed by atoms with E-state index in [0.717, 1.165) is 29.5 Å². The summed E-state index contributed by atoms with van der Waals surface area (Å²) >= 11 is 0. The van der Waals surface area contributed by atoms with Crippen LogP contribution in [-0.4, -0.2) is 31.9 Å². The van der Waals surface area contributed by atoms with Crippen LogP contribution in [-0.2, 0) is 22.4 Å². The second kappa shape index (κ2) is 6.37. The molecule has 0 saturated heterocycles. The van der Waals surface area contributed by atoms with Gasteiger partial charge in [0, 0.05) is 16.6 Å². The molecule has 0 radical (unpaired) electrons. The van der Waals surface area contributed by atoms with Crippen molar-refractivity contribution in [1.29, 1.82) is 0 Å². The minimum Gasteiger partial charge on any atom is -0.507 e. The highest BCUT2D eigenvalue weighted by Gasteiger charge is 2.31. The summed E-state index contributed by atoms with van der Waals surface area (Å²) in [5.41, 5.74) is 3.68. The summed E-state index contributed by atoms with van der Waals surface area (Å²) in [7, 11) is 0. The summed E-state index contributed by atoms with van der Waals surface area (Å²) in [4.78, 5) is 15.8. The lowest BCUT2D eigenvalue weighted by molar-refractivity contribution is -0.160. The summed E-state index contributed by atoms with van der Waals surface area (Å²) in [6.07, 6.45) is 2.16. The smallest absolute Gasteiger partial charge is 0.309 e. The first-order chi connectivity index (χ1) is 12.8. The van der Waals surface area contributed by atoms with Crippen LogP contribution in [0, 0.1) is 5.92 Å². The number of rotatable bonds is 2. The monoisotopic (exact) mass is 365 g/mol. The van der Waals surface area contributed by atoms with Crippen LogP contribution < -0.4 is 0 Å². The van der Waals surface area contributed by atoms with Gasteiger partial charge in [0.05, 0.1) is 11.6 Å². The first-order valence-electron chi connectivity index (χ1n) is 9.20. The van der Waals surface area contributed by atoms with E-state index in [1.807, 2.05) is 39.0 Å². The summed E-state index contributed by atoms with van der Waals surface area (Å²) in [6.45, 7) is 5.66. The van der Waals surface area contributed by atoms with Gasteiger partial charge in [-0.25, -0.2) is 0 Å². The van der Waals surface area contributed by atoms with E-state index >= 15 is 0 Å². The average molecular weight is 365 g/mol. The van der Waals surface area contributed by atoms with Crippen LogP contribution in [0.15, 0.2) is 30.3 Å². The van der Waals surface area contributed by atoms with E-state index in [9.17, 15) is 9.90 Å². The Morgan fingerprint density at radius 1 is 1.26 bits per heavy atom. The zero-order valence-corrected chi connectivity index (χ0v) is 15.7. The van der Waals surface area contributed by atoms with Crippen molar-refractivity contribution in [2.24, 2.45) is 5.92 Å². The Bertz CT molecular complexity index is 1020. The van der Waals surface area contributed by atoms with Crippen LogP contribution in [0.25, 0.3) is 22.3 Å². The van der Waals surface area contributed by atoms with Crippen LogP contribution in [0.2, 0.25) is 0 Å². The number of ether oxygens (including phenoxy) is 1. The minimum absolute atomic E-state index is 0.148. The number of esters is 1. The lowest BCUT2D eigenvalue weighted by Gasteiger charge is -2.26. The van der Waals surface area contributed by atoms with Gasteiger partial charge >= 0.3 is 5.97 Å². The molecule has 1 atom stereocenters. The lowest BCUT2D eigenvalue weighted by Crippen LogP contribution is -2.31. The number of aromatic amines is 1. The van der Waals surface area contributed by atoms with Gasteiger partial charge in [0.2, 0.25) is 0 Å². The van der Waals surface area contributed by atoms with Crippen LogP contribution in [0.1, 0.15) is 38.4 Å². The Balaban J connectivity index is 1.70. The Morgan fingerprint density at radius 3 is 2.78 bits per heavy atom. The Hall–Kier alpha value is -2.89. The summed E-state index contributed by atoms with van der Waals surface area (Å²) in [6, 6.07) is 9.00. The standard InChI is InChI=1S/C21H23N3O3/c1-21(2,3)27-20(26)12-8-9-16-14(10-12)15-11-17(23-24-19(15)22-16)13-6-4-5-7-18(13)25/h4-7,11-12,25H,8-10H2,1-3H3,(H,22,24)/t12-/m0/s1. The fourth-order valence-electron chi connectivity index (χ4n) is 3.62. The molecule has 3 aromatic rings.